The topological polar surface area (TPSA) is 29.3 Å². The number of nitrogens with zero attached hydrogens (tertiary/aromatic N) is 1. The van der Waals surface area contributed by atoms with E-state index in [4.69, 9.17) is 5.73 Å². The monoisotopic (exact) mass is 272 g/mol. The molecule has 1 aliphatic carbocycles. The lowest BCUT2D eigenvalue weighted by Crippen LogP contribution is -2.31. The van der Waals surface area contributed by atoms with E-state index in [2.05, 4.69) is 43.0 Å². The average molecular weight is 272 g/mol. The third-order valence-corrected chi connectivity index (χ3v) is 5.29. The number of rotatable bonds is 4. The van der Waals surface area contributed by atoms with Gasteiger partial charge in [-0.15, -0.1) is 0 Å². The SMILES string of the molecule is CC(C)c1ccc(C(N)CN2CC3CCCC3C2)cc1. The van der Waals surface area contributed by atoms with Gasteiger partial charge in [0.1, 0.15) is 0 Å². The molecule has 110 valence electrons. The lowest BCUT2D eigenvalue weighted by Gasteiger charge is -2.22. The van der Waals surface area contributed by atoms with E-state index in [0.29, 0.717) is 5.92 Å². The van der Waals surface area contributed by atoms with Gasteiger partial charge in [0.25, 0.3) is 0 Å². The molecule has 2 heteroatoms. The first-order chi connectivity index (χ1) is 9.63. The van der Waals surface area contributed by atoms with Crippen LogP contribution >= 0.6 is 0 Å². The first-order valence-electron chi connectivity index (χ1n) is 8.21. The summed E-state index contributed by atoms with van der Waals surface area (Å²) >= 11 is 0. The van der Waals surface area contributed by atoms with Gasteiger partial charge in [0.15, 0.2) is 0 Å². The van der Waals surface area contributed by atoms with Crippen molar-refractivity contribution in [3.63, 3.8) is 0 Å². The van der Waals surface area contributed by atoms with Gasteiger partial charge >= 0.3 is 0 Å². The van der Waals surface area contributed by atoms with Gasteiger partial charge in [-0.25, -0.2) is 0 Å². The summed E-state index contributed by atoms with van der Waals surface area (Å²) in [6.07, 6.45) is 4.34. The lowest BCUT2D eigenvalue weighted by molar-refractivity contribution is 0.292. The van der Waals surface area contributed by atoms with E-state index in [-0.39, 0.29) is 6.04 Å². The van der Waals surface area contributed by atoms with Crippen LogP contribution in [0.3, 0.4) is 0 Å². The van der Waals surface area contributed by atoms with Crippen LogP contribution in [-0.2, 0) is 0 Å². The van der Waals surface area contributed by atoms with Crippen LogP contribution in [0.1, 0.15) is 56.2 Å². The van der Waals surface area contributed by atoms with Crippen LogP contribution in [0, 0.1) is 11.8 Å². The first-order valence-corrected chi connectivity index (χ1v) is 8.21. The molecule has 3 rings (SSSR count). The number of hydrogen-bond donors (Lipinski definition) is 1. The van der Waals surface area contributed by atoms with Crippen molar-refractivity contribution >= 4 is 0 Å². The second kappa shape index (κ2) is 5.87. The summed E-state index contributed by atoms with van der Waals surface area (Å²) in [6, 6.07) is 9.07. The predicted molar refractivity (Wildman–Crippen MR) is 84.7 cm³/mol. The Morgan fingerprint density at radius 1 is 1.05 bits per heavy atom. The summed E-state index contributed by atoms with van der Waals surface area (Å²) in [5.41, 5.74) is 9.09. The van der Waals surface area contributed by atoms with Crippen LogP contribution in [0.4, 0.5) is 0 Å². The van der Waals surface area contributed by atoms with Crippen molar-refractivity contribution in [2.75, 3.05) is 19.6 Å². The fraction of sp³-hybridized carbons (Fsp3) is 0.667. The zero-order valence-electron chi connectivity index (χ0n) is 12.9. The molecule has 1 aromatic carbocycles. The van der Waals surface area contributed by atoms with Gasteiger partial charge < -0.3 is 10.6 Å². The zero-order valence-corrected chi connectivity index (χ0v) is 12.9. The quantitative estimate of drug-likeness (QED) is 0.908. The number of hydrogen-bond acceptors (Lipinski definition) is 2. The highest BCUT2D eigenvalue weighted by Crippen LogP contribution is 2.38. The lowest BCUT2D eigenvalue weighted by atomic mass is 9.99. The molecule has 2 nitrogen and oxygen atoms in total. The highest BCUT2D eigenvalue weighted by molar-refractivity contribution is 5.26. The van der Waals surface area contributed by atoms with Crippen LogP contribution < -0.4 is 5.73 Å². The molecule has 20 heavy (non-hydrogen) atoms. The van der Waals surface area contributed by atoms with Gasteiger partial charge in [-0.3, -0.25) is 0 Å². The Morgan fingerprint density at radius 3 is 2.15 bits per heavy atom. The first kappa shape index (κ1) is 14.1. The smallest absolute Gasteiger partial charge is 0.0424 e. The van der Waals surface area contributed by atoms with E-state index in [9.17, 15) is 0 Å². The molecule has 0 radical (unpaired) electrons. The fourth-order valence-corrected chi connectivity index (χ4v) is 3.99. The van der Waals surface area contributed by atoms with Crippen LogP contribution in [0.2, 0.25) is 0 Å². The molecule has 3 unspecified atom stereocenters. The minimum Gasteiger partial charge on any atom is -0.323 e. The Labute approximate surface area is 123 Å². The van der Waals surface area contributed by atoms with E-state index in [1.807, 2.05) is 0 Å². The molecule has 1 saturated carbocycles. The van der Waals surface area contributed by atoms with Gasteiger partial charge in [-0.2, -0.15) is 0 Å². The van der Waals surface area contributed by atoms with Crippen LogP contribution in [0.5, 0.6) is 0 Å². The summed E-state index contributed by atoms with van der Waals surface area (Å²) in [5.74, 6) is 2.52. The van der Waals surface area contributed by atoms with Crippen molar-refractivity contribution in [2.24, 2.45) is 17.6 Å². The maximum absolute atomic E-state index is 6.41. The summed E-state index contributed by atoms with van der Waals surface area (Å²) in [7, 11) is 0. The second-order valence-corrected chi connectivity index (χ2v) is 7.10. The molecule has 2 N–H and O–H groups in total. The number of nitrogens with two attached hydrogens (primary N) is 1. The van der Waals surface area contributed by atoms with Gasteiger partial charge in [0.2, 0.25) is 0 Å². The molecule has 1 aliphatic heterocycles. The molecule has 0 spiro atoms. The summed E-state index contributed by atoms with van der Waals surface area (Å²) in [4.78, 5) is 2.59. The van der Waals surface area contributed by atoms with E-state index < -0.39 is 0 Å². The maximum Gasteiger partial charge on any atom is 0.0424 e. The van der Waals surface area contributed by atoms with Gasteiger partial charge in [-0.05, 0) is 41.7 Å². The fourth-order valence-electron chi connectivity index (χ4n) is 3.99. The van der Waals surface area contributed by atoms with Gasteiger partial charge in [0, 0.05) is 25.7 Å². The average Bonchev–Trinajstić information content (AvgIpc) is 2.99. The van der Waals surface area contributed by atoms with E-state index in [1.165, 1.54) is 43.5 Å². The Morgan fingerprint density at radius 2 is 1.60 bits per heavy atom. The molecule has 0 aromatic heterocycles. The third-order valence-electron chi connectivity index (χ3n) is 5.29. The molecular formula is C18H28N2. The van der Waals surface area contributed by atoms with Crippen molar-refractivity contribution in [3.8, 4) is 0 Å². The molecular weight excluding hydrogens is 244 g/mol. The molecule has 2 aliphatic rings. The Balaban J connectivity index is 1.57. The van der Waals surface area contributed by atoms with Crippen LogP contribution in [0.25, 0.3) is 0 Å². The molecule has 1 heterocycles. The normalized spacial score (nSPS) is 28.0. The molecule has 3 atom stereocenters. The Hall–Kier alpha value is -0.860. The molecule has 1 aromatic rings. The highest BCUT2D eigenvalue weighted by Gasteiger charge is 2.36. The van der Waals surface area contributed by atoms with Crippen LogP contribution in [0.15, 0.2) is 24.3 Å². The predicted octanol–water partition coefficient (Wildman–Crippen LogP) is 3.54. The van der Waals surface area contributed by atoms with Crippen LogP contribution in [-0.4, -0.2) is 24.5 Å². The van der Waals surface area contributed by atoms with Crippen molar-refractivity contribution in [2.45, 2.75) is 45.1 Å². The standard InChI is InChI=1S/C18H28N2/c1-13(2)14-6-8-15(9-7-14)18(19)12-20-10-16-4-3-5-17(16)11-20/h6-9,13,16-18H,3-5,10-12,19H2,1-2H3. The maximum atomic E-state index is 6.41. The number of likely N-dealkylation sites (tertiary alicyclic amines) is 1. The van der Waals surface area contributed by atoms with Crippen molar-refractivity contribution in [1.29, 1.82) is 0 Å². The molecule has 2 fully saturated rings. The van der Waals surface area contributed by atoms with Crippen molar-refractivity contribution in [1.82, 2.24) is 4.90 Å². The van der Waals surface area contributed by atoms with Gasteiger partial charge in [-0.1, -0.05) is 44.5 Å². The largest absolute Gasteiger partial charge is 0.323 e. The second-order valence-electron chi connectivity index (χ2n) is 7.10. The summed E-state index contributed by atoms with van der Waals surface area (Å²) in [5, 5.41) is 0. The minimum atomic E-state index is 0.162. The number of fused-ring (bicyclic) bond motifs is 1. The third kappa shape index (κ3) is 2.91. The Bertz CT molecular complexity index is 425. The van der Waals surface area contributed by atoms with Gasteiger partial charge in [0.05, 0.1) is 0 Å². The molecule has 1 saturated heterocycles. The highest BCUT2D eigenvalue weighted by atomic mass is 15.2. The molecule has 0 amide bonds. The van der Waals surface area contributed by atoms with E-state index in [0.717, 1.165) is 18.4 Å². The van der Waals surface area contributed by atoms with Crippen molar-refractivity contribution < 1.29 is 0 Å². The zero-order chi connectivity index (χ0) is 14.1. The number of benzene rings is 1. The molecule has 0 bridgehead atoms. The summed E-state index contributed by atoms with van der Waals surface area (Å²) in [6.45, 7) is 8.05. The van der Waals surface area contributed by atoms with E-state index in [1.54, 1.807) is 0 Å². The van der Waals surface area contributed by atoms with Crippen molar-refractivity contribution in [3.05, 3.63) is 35.4 Å². The summed E-state index contributed by atoms with van der Waals surface area (Å²) < 4.78 is 0. The van der Waals surface area contributed by atoms with E-state index >= 15 is 0 Å². The minimum absolute atomic E-state index is 0.162. The Kier molecular flexibility index (Phi) is 4.13.